The van der Waals surface area contributed by atoms with E-state index in [4.69, 9.17) is 23.2 Å². The zero-order valence-corrected chi connectivity index (χ0v) is 11.5. The van der Waals surface area contributed by atoms with Crippen molar-refractivity contribution in [3.05, 3.63) is 16.4 Å². The molecule has 1 aliphatic carbocycles. The van der Waals surface area contributed by atoms with Crippen molar-refractivity contribution in [2.24, 2.45) is 0 Å². The second kappa shape index (κ2) is 5.87. The van der Waals surface area contributed by atoms with Gasteiger partial charge in [-0.25, -0.2) is 0 Å². The van der Waals surface area contributed by atoms with Gasteiger partial charge in [-0.3, -0.25) is 0 Å². The zero-order valence-electron chi connectivity index (χ0n) is 9.99. The van der Waals surface area contributed by atoms with Crippen LogP contribution in [0.25, 0.3) is 0 Å². The molecule has 0 bridgehead atoms. The average Bonchev–Trinajstić information content (AvgIpc) is 2.60. The lowest BCUT2D eigenvalue weighted by atomic mass is 10.1. The third-order valence-corrected chi connectivity index (χ3v) is 3.91. The molecular formula is C12H17Cl2N3. The lowest BCUT2D eigenvalue weighted by molar-refractivity contribution is 0.552. The molecule has 0 aliphatic heterocycles. The summed E-state index contributed by atoms with van der Waals surface area (Å²) in [6.45, 7) is 0. The Bertz CT molecular complexity index is 376. The fourth-order valence-electron chi connectivity index (χ4n) is 2.43. The monoisotopic (exact) mass is 273 g/mol. The van der Waals surface area contributed by atoms with Gasteiger partial charge in [-0.15, -0.1) is 10.2 Å². The number of anilines is 1. The van der Waals surface area contributed by atoms with E-state index in [1.807, 2.05) is 0 Å². The first-order chi connectivity index (χ1) is 8.18. The van der Waals surface area contributed by atoms with E-state index < -0.39 is 0 Å². The van der Waals surface area contributed by atoms with Crippen molar-refractivity contribution in [1.29, 1.82) is 0 Å². The molecule has 1 aliphatic rings. The number of halogens is 2. The van der Waals surface area contributed by atoms with Crippen LogP contribution in [0, 0.1) is 0 Å². The number of hydrogen-bond donors (Lipinski definition) is 0. The Labute approximate surface area is 112 Å². The van der Waals surface area contributed by atoms with E-state index in [0.717, 1.165) is 5.69 Å². The highest BCUT2D eigenvalue weighted by molar-refractivity contribution is 6.33. The summed E-state index contributed by atoms with van der Waals surface area (Å²) in [7, 11) is 2.06. The molecule has 94 valence electrons. The first-order valence-corrected chi connectivity index (χ1v) is 6.85. The molecule has 0 spiro atoms. The standard InChI is InChI=1S/C12H17Cl2N3/c1-17(9-6-4-2-3-5-7-9)10-8-11(13)15-16-12(10)14/h8-9H,2-7H2,1H3. The minimum absolute atomic E-state index is 0.393. The van der Waals surface area contributed by atoms with E-state index in [0.29, 0.717) is 16.3 Å². The molecule has 0 N–H and O–H groups in total. The van der Waals surface area contributed by atoms with E-state index in [2.05, 4.69) is 22.1 Å². The predicted octanol–water partition coefficient (Wildman–Crippen LogP) is 3.94. The van der Waals surface area contributed by atoms with Gasteiger partial charge in [0.15, 0.2) is 10.3 Å². The SMILES string of the molecule is CN(c1cc(Cl)nnc1Cl)C1CCCCCC1. The molecule has 2 rings (SSSR count). The maximum atomic E-state index is 6.08. The molecule has 1 aromatic heterocycles. The van der Waals surface area contributed by atoms with Crippen molar-refractivity contribution in [3.63, 3.8) is 0 Å². The summed E-state index contributed by atoms with van der Waals surface area (Å²) in [6.07, 6.45) is 7.69. The van der Waals surface area contributed by atoms with Crippen molar-refractivity contribution in [2.75, 3.05) is 11.9 Å². The molecular weight excluding hydrogens is 257 g/mol. The predicted molar refractivity (Wildman–Crippen MR) is 71.9 cm³/mol. The van der Waals surface area contributed by atoms with Crippen LogP contribution in [0.3, 0.4) is 0 Å². The quantitative estimate of drug-likeness (QED) is 0.765. The van der Waals surface area contributed by atoms with Crippen LogP contribution in [0.4, 0.5) is 5.69 Å². The molecule has 5 heteroatoms. The summed E-state index contributed by atoms with van der Waals surface area (Å²) >= 11 is 12.0. The smallest absolute Gasteiger partial charge is 0.175 e. The first-order valence-electron chi connectivity index (χ1n) is 6.10. The van der Waals surface area contributed by atoms with Crippen LogP contribution in [0.15, 0.2) is 6.07 Å². The van der Waals surface area contributed by atoms with Crippen LogP contribution in [-0.2, 0) is 0 Å². The summed E-state index contributed by atoms with van der Waals surface area (Å²) in [4.78, 5) is 2.20. The number of aromatic nitrogens is 2. The highest BCUT2D eigenvalue weighted by atomic mass is 35.5. The Morgan fingerprint density at radius 3 is 2.41 bits per heavy atom. The maximum absolute atomic E-state index is 6.08. The van der Waals surface area contributed by atoms with E-state index in [-0.39, 0.29) is 0 Å². The fourth-order valence-corrected chi connectivity index (χ4v) is 2.80. The molecule has 1 saturated carbocycles. The Morgan fingerprint density at radius 2 is 1.76 bits per heavy atom. The van der Waals surface area contributed by atoms with Crippen LogP contribution in [0.1, 0.15) is 38.5 Å². The second-order valence-electron chi connectivity index (χ2n) is 4.60. The summed E-state index contributed by atoms with van der Waals surface area (Å²) in [5.41, 5.74) is 0.888. The largest absolute Gasteiger partial charge is 0.369 e. The van der Waals surface area contributed by atoms with Crippen LogP contribution in [-0.4, -0.2) is 23.3 Å². The van der Waals surface area contributed by atoms with Crippen LogP contribution in [0.5, 0.6) is 0 Å². The van der Waals surface area contributed by atoms with Gasteiger partial charge in [0, 0.05) is 19.2 Å². The summed E-state index contributed by atoms with van der Waals surface area (Å²) in [5, 5.41) is 8.43. The molecule has 1 heterocycles. The third kappa shape index (κ3) is 3.23. The summed E-state index contributed by atoms with van der Waals surface area (Å²) < 4.78 is 0. The van der Waals surface area contributed by atoms with Crippen molar-refractivity contribution >= 4 is 28.9 Å². The van der Waals surface area contributed by atoms with Gasteiger partial charge >= 0.3 is 0 Å². The van der Waals surface area contributed by atoms with Crippen molar-refractivity contribution in [3.8, 4) is 0 Å². The van der Waals surface area contributed by atoms with Gasteiger partial charge in [-0.1, -0.05) is 48.9 Å². The van der Waals surface area contributed by atoms with Gasteiger partial charge in [0.05, 0.1) is 5.69 Å². The van der Waals surface area contributed by atoms with E-state index in [9.17, 15) is 0 Å². The number of hydrogen-bond acceptors (Lipinski definition) is 3. The number of nitrogens with zero attached hydrogens (tertiary/aromatic N) is 3. The minimum Gasteiger partial charge on any atom is -0.369 e. The molecule has 17 heavy (non-hydrogen) atoms. The third-order valence-electron chi connectivity index (χ3n) is 3.45. The molecule has 0 unspecified atom stereocenters. The van der Waals surface area contributed by atoms with Gasteiger partial charge in [-0.05, 0) is 12.8 Å². The van der Waals surface area contributed by atoms with Crippen molar-refractivity contribution in [1.82, 2.24) is 10.2 Å². The van der Waals surface area contributed by atoms with Gasteiger partial charge < -0.3 is 4.90 Å². The van der Waals surface area contributed by atoms with Crippen molar-refractivity contribution < 1.29 is 0 Å². The highest BCUT2D eigenvalue weighted by Crippen LogP contribution is 2.30. The van der Waals surface area contributed by atoms with Gasteiger partial charge in [0.1, 0.15) is 0 Å². The molecule has 0 radical (unpaired) electrons. The average molecular weight is 274 g/mol. The highest BCUT2D eigenvalue weighted by Gasteiger charge is 2.20. The normalized spacial score (nSPS) is 17.8. The van der Waals surface area contributed by atoms with E-state index >= 15 is 0 Å². The number of rotatable bonds is 2. The zero-order chi connectivity index (χ0) is 12.3. The molecule has 0 aromatic carbocycles. The summed E-state index contributed by atoms with van der Waals surface area (Å²) in [6, 6.07) is 2.33. The minimum atomic E-state index is 0.393. The lowest BCUT2D eigenvalue weighted by Crippen LogP contribution is -2.31. The summed E-state index contributed by atoms with van der Waals surface area (Å²) in [5.74, 6) is 0. The fraction of sp³-hybridized carbons (Fsp3) is 0.667. The van der Waals surface area contributed by atoms with Crippen LogP contribution < -0.4 is 4.90 Å². The lowest BCUT2D eigenvalue weighted by Gasteiger charge is -2.29. The second-order valence-corrected chi connectivity index (χ2v) is 5.34. The molecule has 0 amide bonds. The molecule has 3 nitrogen and oxygen atoms in total. The van der Waals surface area contributed by atoms with Gasteiger partial charge in [0.25, 0.3) is 0 Å². The molecule has 1 aromatic rings. The van der Waals surface area contributed by atoms with E-state index in [1.165, 1.54) is 38.5 Å². The Balaban J connectivity index is 2.16. The van der Waals surface area contributed by atoms with Crippen LogP contribution in [0.2, 0.25) is 10.3 Å². The topological polar surface area (TPSA) is 29.0 Å². The Kier molecular flexibility index (Phi) is 4.46. The van der Waals surface area contributed by atoms with Gasteiger partial charge in [0.2, 0.25) is 0 Å². The van der Waals surface area contributed by atoms with E-state index in [1.54, 1.807) is 6.07 Å². The van der Waals surface area contributed by atoms with Gasteiger partial charge in [-0.2, -0.15) is 0 Å². The first kappa shape index (κ1) is 12.9. The molecule has 1 fully saturated rings. The Hall–Kier alpha value is -0.540. The Morgan fingerprint density at radius 1 is 1.12 bits per heavy atom. The van der Waals surface area contributed by atoms with Crippen molar-refractivity contribution in [2.45, 2.75) is 44.6 Å². The maximum Gasteiger partial charge on any atom is 0.175 e. The molecule has 0 atom stereocenters. The molecule has 0 saturated heterocycles. The van der Waals surface area contributed by atoms with Crippen LogP contribution >= 0.6 is 23.2 Å².